The van der Waals surface area contributed by atoms with Crippen molar-refractivity contribution in [2.24, 2.45) is 5.73 Å². The highest BCUT2D eigenvalue weighted by Crippen LogP contribution is 2.45. The molecular formula is C25H23FN6O4. The Morgan fingerprint density at radius 2 is 2.08 bits per heavy atom. The summed E-state index contributed by atoms with van der Waals surface area (Å²) in [7, 11) is 0. The van der Waals surface area contributed by atoms with Crippen LogP contribution in [0.25, 0.3) is 16.9 Å². The second kappa shape index (κ2) is 8.38. The van der Waals surface area contributed by atoms with Crippen molar-refractivity contribution >= 4 is 17.5 Å². The third-order valence-electron chi connectivity index (χ3n) is 6.40. The minimum atomic E-state index is -1.66. The topological polar surface area (TPSA) is 145 Å². The van der Waals surface area contributed by atoms with Crippen LogP contribution in [0.4, 0.5) is 4.39 Å². The molecule has 1 aliphatic heterocycles. The summed E-state index contributed by atoms with van der Waals surface area (Å²) in [5.74, 6) is -1.17. The molecule has 0 saturated heterocycles. The van der Waals surface area contributed by atoms with Gasteiger partial charge in [0.1, 0.15) is 40.4 Å². The first-order chi connectivity index (χ1) is 17.1. The van der Waals surface area contributed by atoms with Gasteiger partial charge in [0, 0.05) is 23.5 Å². The fourth-order valence-electron chi connectivity index (χ4n) is 4.09. The zero-order chi connectivity index (χ0) is 25.7. The summed E-state index contributed by atoms with van der Waals surface area (Å²) < 4.78 is 20.8. The number of primary amides is 1. The van der Waals surface area contributed by atoms with Gasteiger partial charge in [-0.25, -0.2) is 18.9 Å². The SMILES string of the molecule is C[C@](O)(CNC(=O)c1cnn2cccnc12)c1cc2c(c(-c3ccc(F)cc3)n1)OC[C@]2(C)C(N)=O. The molecule has 0 radical (unpaired) electrons. The number of halogens is 1. The molecule has 0 unspecified atom stereocenters. The average molecular weight is 490 g/mol. The first-order valence-electron chi connectivity index (χ1n) is 11.1. The number of aromatic nitrogens is 4. The maximum atomic E-state index is 13.6. The third kappa shape index (κ3) is 3.83. The number of carbonyl (C=O) groups excluding carboxylic acids is 2. The molecule has 0 saturated carbocycles. The molecule has 2 atom stereocenters. The van der Waals surface area contributed by atoms with E-state index in [9.17, 15) is 19.1 Å². The summed E-state index contributed by atoms with van der Waals surface area (Å²) in [6.07, 6.45) is 4.61. The van der Waals surface area contributed by atoms with Gasteiger partial charge in [-0.2, -0.15) is 5.10 Å². The largest absolute Gasteiger partial charge is 0.489 e. The third-order valence-corrected chi connectivity index (χ3v) is 6.40. The lowest BCUT2D eigenvalue weighted by Crippen LogP contribution is -2.41. The molecule has 5 rings (SSSR count). The van der Waals surface area contributed by atoms with Crippen molar-refractivity contribution in [3.05, 3.63) is 77.6 Å². The number of carbonyl (C=O) groups is 2. The molecule has 11 heteroatoms. The molecule has 0 aliphatic carbocycles. The normalized spacial score (nSPS) is 18.3. The van der Waals surface area contributed by atoms with E-state index in [4.69, 9.17) is 10.5 Å². The van der Waals surface area contributed by atoms with E-state index in [1.807, 2.05) is 0 Å². The number of fused-ring (bicyclic) bond motifs is 2. The van der Waals surface area contributed by atoms with Gasteiger partial charge in [-0.3, -0.25) is 9.59 Å². The van der Waals surface area contributed by atoms with Crippen molar-refractivity contribution in [3.8, 4) is 17.0 Å². The molecule has 4 aromatic rings. The Morgan fingerprint density at radius 3 is 2.81 bits per heavy atom. The zero-order valence-electron chi connectivity index (χ0n) is 19.5. The van der Waals surface area contributed by atoms with Gasteiger partial charge in [0.25, 0.3) is 5.91 Å². The van der Waals surface area contributed by atoms with Crippen molar-refractivity contribution in [3.63, 3.8) is 0 Å². The van der Waals surface area contributed by atoms with Crippen LogP contribution in [-0.2, 0) is 15.8 Å². The van der Waals surface area contributed by atoms with Gasteiger partial charge < -0.3 is 20.9 Å². The Balaban J connectivity index is 1.51. The predicted octanol–water partition coefficient (Wildman–Crippen LogP) is 1.70. The molecule has 184 valence electrons. The molecule has 4 heterocycles. The quantitative estimate of drug-likeness (QED) is 0.373. The Hall–Kier alpha value is -4.38. The molecule has 0 bridgehead atoms. The maximum Gasteiger partial charge on any atom is 0.256 e. The van der Waals surface area contributed by atoms with E-state index < -0.39 is 28.6 Å². The Morgan fingerprint density at radius 1 is 1.33 bits per heavy atom. The summed E-state index contributed by atoms with van der Waals surface area (Å²) in [5.41, 5.74) is 4.98. The van der Waals surface area contributed by atoms with Crippen LogP contribution < -0.4 is 15.8 Å². The summed E-state index contributed by atoms with van der Waals surface area (Å²) >= 11 is 0. The van der Waals surface area contributed by atoms with E-state index in [0.29, 0.717) is 28.2 Å². The lowest BCUT2D eigenvalue weighted by Gasteiger charge is -2.26. The van der Waals surface area contributed by atoms with Crippen LogP contribution in [0.15, 0.2) is 55.0 Å². The zero-order valence-corrected chi connectivity index (χ0v) is 19.5. The fourth-order valence-corrected chi connectivity index (χ4v) is 4.09. The van der Waals surface area contributed by atoms with Crippen molar-refractivity contribution in [2.75, 3.05) is 13.2 Å². The number of benzene rings is 1. The molecule has 0 fully saturated rings. The highest BCUT2D eigenvalue weighted by atomic mass is 19.1. The molecule has 3 aromatic heterocycles. The lowest BCUT2D eigenvalue weighted by atomic mass is 9.82. The van der Waals surface area contributed by atoms with Gasteiger partial charge in [0.15, 0.2) is 5.65 Å². The summed E-state index contributed by atoms with van der Waals surface area (Å²) in [4.78, 5) is 33.9. The second-order valence-corrected chi connectivity index (χ2v) is 9.13. The number of ether oxygens (including phenoxy) is 1. The first kappa shape index (κ1) is 23.4. The van der Waals surface area contributed by atoms with Crippen LogP contribution in [0.5, 0.6) is 5.75 Å². The van der Waals surface area contributed by atoms with Crippen molar-refractivity contribution < 1.29 is 23.8 Å². The number of nitrogens with two attached hydrogens (primary N) is 1. The number of nitrogens with one attached hydrogen (secondary N) is 1. The Bertz CT molecular complexity index is 1500. The van der Waals surface area contributed by atoms with Gasteiger partial charge in [0.2, 0.25) is 5.91 Å². The minimum absolute atomic E-state index is 0.00238. The van der Waals surface area contributed by atoms with Gasteiger partial charge in [0.05, 0.1) is 18.4 Å². The average Bonchev–Trinajstić information content (AvgIpc) is 3.45. The summed E-state index contributed by atoms with van der Waals surface area (Å²) in [6, 6.07) is 8.86. The summed E-state index contributed by atoms with van der Waals surface area (Å²) in [5, 5.41) is 18.2. The first-order valence-corrected chi connectivity index (χ1v) is 11.1. The van der Waals surface area contributed by atoms with Crippen LogP contribution in [0.1, 0.15) is 35.5 Å². The van der Waals surface area contributed by atoms with Crippen LogP contribution >= 0.6 is 0 Å². The lowest BCUT2D eigenvalue weighted by molar-refractivity contribution is -0.123. The number of hydrogen-bond acceptors (Lipinski definition) is 7. The molecule has 10 nitrogen and oxygen atoms in total. The van der Waals surface area contributed by atoms with Crippen LogP contribution in [0.2, 0.25) is 0 Å². The second-order valence-electron chi connectivity index (χ2n) is 9.13. The molecule has 1 aromatic carbocycles. The number of hydrogen-bond donors (Lipinski definition) is 3. The van der Waals surface area contributed by atoms with E-state index in [0.717, 1.165) is 0 Å². The number of pyridine rings is 1. The Kier molecular flexibility index (Phi) is 5.44. The molecule has 36 heavy (non-hydrogen) atoms. The Labute approximate surface area is 204 Å². The number of aliphatic hydroxyl groups is 1. The molecule has 0 spiro atoms. The standard InChI is InChI=1S/C25H23FN6O4/c1-24(23(27)34)13-36-20-17(24)10-18(31-19(20)14-4-6-15(26)7-5-14)25(2,35)12-29-22(33)16-11-30-32-9-3-8-28-21(16)32/h3-11,35H,12-13H2,1-2H3,(H2,27,34)(H,29,33)/t24-,25-/m0/s1. The minimum Gasteiger partial charge on any atom is -0.489 e. The molecule has 2 amide bonds. The summed E-state index contributed by atoms with van der Waals surface area (Å²) in [6.45, 7) is 2.92. The van der Waals surface area contributed by atoms with E-state index in [-0.39, 0.29) is 24.4 Å². The van der Waals surface area contributed by atoms with Crippen molar-refractivity contribution in [1.82, 2.24) is 24.9 Å². The van der Waals surface area contributed by atoms with E-state index in [2.05, 4.69) is 20.4 Å². The monoisotopic (exact) mass is 490 g/mol. The van der Waals surface area contributed by atoms with Gasteiger partial charge in [-0.15, -0.1) is 0 Å². The van der Waals surface area contributed by atoms with Crippen LogP contribution in [0, 0.1) is 5.82 Å². The number of rotatable bonds is 6. The van der Waals surface area contributed by atoms with Crippen LogP contribution in [-0.4, -0.2) is 49.7 Å². The van der Waals surface area contributed by atoms with Crippen LogP contribution in [0.3, 0.4) is 0 Å². The highest BCUT2D eigenvalue weighted by Gasteiger charge is 2.45. The van der Waals surface area contributed by atoms with E-state index >= 15 is 0 Å². The number of nitrogens with zero attached hydrogens (tertiary/aromatic N) is 4. The molecule has 4 N–H and O–H groups in total. The maximum absolute atomic E-state index is 13.6. The van der Waals surface area contributed by atoms with Gasteiger partial charge in [-0.1, -0.05) is 0 Å². The van der Waals surface area contributed by atoms with E-state index in [1.165, 1.54) is 41.9 Å². The fraction of sp³-hybridized carbons (Fsp3) is 0.240. The van der Waals surface area contributed by atoms with Gasteiger partial charge in [-0.05, 0) is 50.2 Å². The predicted molar refractivity (Wildman–Crippen MR) is 127 cm³/mol. The molecule has 1 aliphatic rings. The van der Waals surface area contributed by atoms with Crippen molar-refractivity contribution in [1.29, 1.82) is 0 Å². The number of amides is 2. The van der Waals surface area contributed by atoms with E-state index in [1.54, 1.807) is 31.5 Å². The van der Waals surface area contributed by atoms with Crippen molar-refractivity contribution in [2.45, 2.75) is 24.9 Å². The molecular weight excluding hydrogens is 467 g/mol. The highest BCUT2D eigenvalue weighted by molar-refractivity contribution is 5.99. The van der Waals surface area contributed by atoms with Gasteiger partial charge >= 0.3 is 0 Å². The smallest absolute Gasteiger partial charge is 0.256 e.